The number of ether oxygens (including phenoxy) is 2. The Balaban J connectivity index is 2.07. The highest BCUT2D eigenvalue weighted by molar-refractivity contribution is 7.92. The van der Waals surface area contributed by atoms with Crippen molar-refractivity contribution in [3.63, 3.8) is 0 Å². The van der Waals surface area contributed by atoms with Crippen LogP contribution >= 0.6 is 23.2 Å². The van der Waals surface area contributed by atoms with Gasteiger partial charge in [-0.2, -0.15) is 0 Å². The number of unbranched alkanes of at least 4 members (excludes halogenated alkanes) is 1. The topological polar surface area (TPSA) is 105 Å². The van der Waals surface area contributed by atoms with Crippen LogP contribution in [0, 0.1) is 0 Å². The Kier molecular flexibility index (Phi) is 11.9. The molecule has 1 atom stereocenters. The molecule has 0 aliphatic heterocycles. The van der Waals surface area contributed by atoms with Crippen molar-refractivity contribution in [1.82, 2.24) is 10.2 Å². The highest BCUT2D eigenvalue weighted by Crippen LogP contribution is 2.34. The van der Waals surface area contributed by atoms with Crippen LogP contribution in [-0.2, 0) is 26.2 Å². The minimum atomic E-state index is -4.23. The normalized spacial score (nSPS) is 11.9. The van der Waals surface area contributed by atoms with Gasteiger partial charge in [0, 0.05) is 29.2 Å². The number of carbonyl (C=O) groups excluding carboxylic acids is 2. The molecule has 0 bridgehead atoms. The number of sulfonamides is 1. The molecule has 2 amide bonds. The van der Waals surface area contributed by atoms with Crippen LogP contribution in [0.5, 0.6) is 11.5 Å². The molecular weight excluding hydrogens is 601 g/mol. The smallest absolute Gasteiger partial charge is 0.264 e. The van der Waals surface area contributed by atoms with Gasteiger partial charge in [0.05, 0.1) is 24.8 Å². The number of nitrogens with one attached hydrogen (secondary N) is 1. The minimum Gasteiger partial charge on any atom is -0.493 e. The molecule has 0 spiro atoms. The summed E-state index contributed by atoms with van der Waals surface area (Å²) in [5, 5.41) is 3.58. The first kappa shape index (κ1) is 33.0. The zero-order valence-corrected chi connectivity index (χ0v) is 26.3. The molecule has 0 fully saturated rings. The van der Waals surface area contributed by atoms with Gasteiger partial charge in [-0.1, -0.05) is 60.8 Å². The fourth-order valence-corrected chi connectivity index (χ4v) is 6.08. The molecule has 0 radical (unpaired) electrons. The lowest BCUT2D eigenvalue weighted by atomic mass is 10.1. The van der Waals surface area contributed by atoms with Crippen LogP contribution in [0.2, 0.25) is 10.0 Å². The van der Waals surface area contributed by atoms with E-state index in [9.17, 15) is 18.0 Å². The van der Waals surface area contributed by atoms with Crippen molar-refractivity contribution in [1.29, 1.82) is 0 Å². The third-order valence-corrected chi connectivity index (χ3v) is 8.99. The Morgan fingerprint density at radius 3 is 2.26 bits per heavy atom. The standard InChI is InChI=1S/C30H35Cl2N3O6S/c1-5-6-16-33-30(37)21(2)34(19-22-12-13-23(31)17-26(22)32)29(36)20-35(42(38,39)25-10-8-7-9-11-25)24-14-15-27(40-3)28(18-24)41-4/h7-15,17-18,21H,5-6,16,19-20H2,1-4H3,(H,33,37)/t21-/m0/s1. The molecule has 0 aliphatic rings. The van der Waals surface area contributed by atoms with Crippen molar-refractivity contribution in [2.45, 2.75) is 44.2 Å². The summed E-state index contributed by atoms with van der Waals surface area (Å²) in [6, 6.07) is 16.2. The number of hydrogen-bond donors (Lipinski definition) is 1. The predicted octanol–water partition coefficient (Wildman–Crippen LogP) is 5.54. The van der Waals surface area contributed by atoms with Crippen molar-refractivity contribution in [3.05, 3.63) is 82.3 Å². The van der Waals surface area contributed by atoms with Crippen LogP contribution < -0.4 is 19.1 Å². The molecule has 0 aliphatic carbocycles. The summed E-state index contributed by atoms with van der Waals surface area (Å²) in [6.45, 7) is 3.38. The molecule has 0 heterocycles. The molecule has 0 aromatic heterocycles. The summed E-state index contributed by atoms with van der Waals surface area (Å²) in [4.78, 5) is 28.5. The van der Waals surface area contributed by atoms with Gasteiger partial charge in [0.15, 0.2) is 11.5 Å². The van der Waals surface area contributed by atoms with E-state index in [0.29, 0.717) is 27.9 Å². The Labute approximate surface area is 257 Å². The number of methoxy groups -OCH3 is 2. The van der Waals surface area contributed by atoms with Crippen LogP contribution in [0.4, 0.5) is 5.69 Å². The molecule has 3 aromatic carbocycles. The van der Waals surface area contributed by atoms with E-state index in [0.717, 1.165) is 17.1 Å². The van der Waals surface area contributed by atoms with Gasteiger partial charge < -0.3 is 19.7 Å². The van der Waals surface area contributed by atoms with E-state index in [1.54, 1.807) is 49.4 Å². The Morgan fingerprint density at radius 2 is 1.64 bits per heavy atom. The molecule has 226 valence electrons. The zero-order valence-electron chi connectivity index (χ0n) is 24.0. The fourth-order valence-electron chi connectivity index (χ4n) is 4.18. The lowest BCUT2D eigenvalue weighted by Gasteiger charge is -2.32. The number of nitrogens with zero attached hydrogens (tertiary/aromatic N) is 2. The second-order valence-corrected chi connectivity index (χ2v) is 12.1. The Morgan fingerprint density at radius 1 is 0.952 bits per heavy atom. The molecule has 1 N–H and O–H groups in total. The molecule has 0 saturated carbocycles. The maximum atomic E-state index is 14.1. The number of halogens is 2. The molecule has 12 heteroatoms. The largest absolute Gasteiger partial charge is 0.493 e. The summed E-state index contributed by atoms with van der Waals surface area (Å²) in [5.41, 5.74) is 0.723. The first-order valence-corrected chi connectivity index (χ1v) is 15.5. The predicted molar refractivity (Wildman–Crippen MR) is 165 cm³/mol. The summed E-state index contributed by atoms with van der Waals surface area (Å²) in [6.07, 6.45) is 1.66. The van der Waals surface area contributed by atoms with Gasteiger partial charge in [-0.15, -0.1) is 0 Å². The van der Waals surface area contributed by atoms with E-state index in [1.165, 1.54) is 43.4 Å². The molecule has 3 rings (SSSR count). The Bertz CT molecular complexity index is 1490. The average molecular weight is 637 g/mol. The van der Waals surface area contributed by atoms with E-state index >= 15 is 0 Å². The summed E-state index contributed by atoms with van der Waals surface area (Å²) >= 11 is 12.5. The van der Waals surface area contributed by atoms with Gasteiger partial charge in [0.25, 0.3) is 10.0 Å². The molecule has 42 heavy (non-hydrogen) atoms. The third kappa shape index (κ3) is 8.08. The zero-order chi connectivity index (χ0) is 30.9. The number of amides is 2. The van der Waals surface area contributed by atoms with Crippen LogP contribution in [0.3, 0.4) is 0 Å². The van der Waals surface area contributed by atoms with Crippen LogP contribution in [0.1, 0.15) is 32.3 Å². The van der Waals surface area contributed by atoms with E-state index in [-0.39, 0.29) is 28.8 Å². The lowest BCUT2D eigenvalue weighted by molar-refractivity contribution is -0.139. The average Bonchev–Trinajstić information content (AvgIpc) is 2.99. The Hall–Kier alpha value is -3.47. The number of carbonyl (C=O) groups is 2. The monoisotopic (exact) mass is 635 g/mol. The van der Waals surface area contributed by atoms with Crippen LogP contribution in [0.15, 0.2) is 71.6 Å². The van der Waals surface area contributed by atoms with Crippen molar-refractivity contribution < 1.29 is 27.5 Å². The second-order valence-electron chi connectivity index (χ2n) is 9.44. The molecule has 0 unspecified atom stereocenters. The summed E-state index contributed by atoms with van der Waals surface area (Å²) < 4.78 is 39.6. The van der Waals surface area contributed by atoms with Gasteiger partial charge in [-0.25, -0.2) is 8.42 Å². The summed E-state index contributed by atoms with van der Waals surface area (Å²) in [5.74, 6) is -0.316. The van der Waals surface area contributed by atoms with Crippen LogP contribution in [-0.4, -0.2) is 58.5 Å². The molecule has 3 aromatic rings. The number of benzene rings is 3. The molecular formula is C30H35Cl2N3O6S. The number of hydrogen-bond acceptors (Lipinski definition) is 6. The van der Waals surface area contributed by atoms with Gasteiger partial charge in [-0.3, -0.25) is 13.9 Å². The first-order valence-electron chi connectivity index (χ1n) is 13.3. The third-order valence-electron chi connectivity index (χ3n) is 6.62. The lowest BCUT2D eigenvalue weighted by Crippen LogP contribution is -2.51. The first-order chi connectivity index (χ1) is 20.0. The van der Waals surface area contributed by atoms with Crippen molar-refractivity contribution >= 4 is 50.7 Å². The molecule has 9 nitrogen and oxygen atoms in total. The van der Waals surface area contributed by atoms with Gasteiger partial charge >= 0.3 is 0 Å². The van der Waals surface area contributed by atoms with Gasteiger partial charge in [-0.05, 0) is 55.3 Å². The van der Waals surface area contributed by atoms with Crippen LogP contribution in [0.25, 0.3) is 0 Å². The maximum absolute atomic E-state index is 14.1. The quantitative estimate of drug-likeness (QED) is 0.233. The van der Waals surface area contributed by atoms with E-state index < -0.39 is 28.5 Å². The number of anilines is 1. The van der Waals surface area contributed by atoms with E-state index in [1.807, 2.05) is 6.92 Å². The highest BCUT2D eigenvalue weighted by Gasteiger charge is 2.33. The molecule has 0 saturated heterocycles. The van der Waals surface area contributed by atoms with E-state index in [4.69, 9.17) is 32.7 Å². The summed E-state index contributed by atoms with van der Waals surface area (Å²) in [7, 11) is -1.34. The minimum absolute atomic E-state index is 0.00904. The van der Waals surface area contributed by atoms with Crippen molar-refractivity contribution in [2.24, 2.45) is 0 Å². The SMILES string of the molecule is CCCCNC(=O)[C@H](C)N(Cc1ccc(Cl)cc1Cl)C(=O)CN(c1ccc(OC)c(OC)c1)S(=O)(=O)c1ccccc1. The fraction of sp³-hybridized carbons (Fsp3) is 0.333. The van der Waals surface area contributed by atoms with Crippen molar-refractivity contribution in [3.8, 4) is 11.5 Å². The van der Waals surface area contributed by atoms with Crippen molar-refractivity contribution in [2.75, 3.05) is 31.6 Å². The van der Waals surface area contributed by atoms with E-state index in [2.05, 4.69) is 5.32 Å². The van der Waals surface area contributed by atoms with Gasteiger partial charge in [0.1, 0.15) is 12.6 Å². The second kappa shape index (κ2) is 15.1. The highest BCUT2D eigenvalue weighted by atomic mass is 35.5. The number of rotatable bonds is 14. The van der Waals surface area contributed by atoms with Gasteiger partial charge in [0.2, 0.25) is 11.8 Å². The maximum Gasteiger partial charge on any atom is 0.264 e.